The average molecular weight is 208 g/mol. The molecule has 0 atom stereocenters. The highest BCUT2D eigenvalue weighted by Crippen LogP contribution is 2.22. The Labute approximate surface area is 87.3 Å². The molecule has 0 aliphatic rings. The van der Waals surface area contributed by atoms with E-state index in [1.165, 1.54) is 0 Å². The van der Waals surface area contributed by atoms with Crippen LogP contribution < -0.4 is 0 Å². The van der Waals surface area contributed by atoms with E-state index >= 15 is 0 Å². The summed E-state index contributed by atoms with van der Waals surface area (Å²) in [5, 5.41) is 4.91. The SMILES string of the molecule is Cc1ncn(-c2c(C)cccc2Cl)n1. The molecule has 3 nitrogen and oxygen atoms in total. The van der Waals surface area contributed by atoms with Gasteiger partial charge in [-0.3, -0.25) is 0 Å². The Balaban J connectivity index is 2.61. The lowest BCUT2D eigenvalue weighted by molar-refractivity contribution is 0.856. The third-order valence-corrected chi connectivity index (χ3v) is 2.33. The van der Waals surface area contributed by atoms with Crippen molar-refractivity contribution in [1.82, 2.24) is 14.8 Å². The molecule has 1 aromatic carbocycles. The van der Waals surface area contributed by atoms with Crippen molar-refractivity contribution < 1.29 is 0 Å². The van der Waals surface area contributed by atoms with Gasteiger partial charge in [0.2, 0.25) is 0 Å². The quantitative estimate of drug-likeness (QED) is 0.720. The number of nitrogens with zero attached hydrogens (tertiary/aromatic N) is 3. The second-order valence-electron chi connectivity index (χ2n) is 3.14. The first-order valence-electron chi connectivity index (χ1n) is 4.32. The van der Waals surface area contributed by atoms with Crippen molar-refractivity contribution in [2.45, 2.75) is 13.8 Å². The van der Waals surface area contributed by atoms with E-state index in [2.05, 4.69) is 10.1 Å². The predicted molar refractivity (Wildman–Crippen MR) is 55.8 cm³/mol. The van der Waals surface area contributed by atoms with Crippen LogP contribution in [-0.2, 0) is 0 Å². The van der Waals surface area contributed by atoms with Gasteiger partial charge >= 0.3 is 0 Å². The molecular weight excluding hydrogens is 198 g/mol. The molecule has 0 saturated carbocycles. The number of halogens is 1. The second-order valence-corrected chi connectivity index (χ2v) is 3.55. The zero-order chi connectivity index (χ0) is 10.1. The van der Waals surface area contributed by atoms with Crippen molar-refractivity contribution in [3.63, 3.8) is 0 Å². The predicted octanol–water partition coefficient (Wildman–Crippen LogP) is 2.54. The van der Waals surface area contributed by atoms with Crippen LogP contribution in [0.5, 0.6) is 0 Å². The molecule has 0 radical (unpaired) electrons. The highest BCUT2D eigenvalue weighted by molar-refractivity contribution is 6.32. The number of benzene rings is 1. The van der Waals surface area contributed by atoms with Gasteiger partial charge in [-0.2, -0.15) is 5.10 Å². The van der Waals surface area contributed by atoms with E-state index in [9.17, 15) is 0 Å². The van der Waals surface area contributed by atoms with Gasteiger partial charge in [-0.25, -0.2) is 9.67 Å². The van der Waals surface area contributed by atoms with Gasteiger partial charge in [0.1, 0.15) is 12.2 Å². The van der Waals surface area contributed by atoms with Gasteiger partial charge < -0.3 is 0 Å². The Hall–Kier alpha value is -1.35. The standard InChI is InChI=1S/C10H10ClN3/c1-7-4-3-5-9(11)10(7)14-6-12-8(2)13-14/h3-6H,1-2H3. The van der Waals surface area contributed by atoms with E-state index in [1.54, 1.807) is 11.0 Å². The Morgan fingerprint density at radius 1 is 1.29 bits per heavy atom. The number of aryl methyl sites for hydroxylation is 2. The Bertz CT molecular complexity index is 442. The van der Waals surface area contributed by atoms with E-state index in [0.717, 1.165) is 17.1 Å². The maximum absolute atomic E-state index is 6.08. The molecule has 14 heavy (non-hydrogen) atoms. The molecule has 2 rings (SSSR count). The van der Waals surface area contributed by atoms with Crippen LogP contribution in [0.25, 0.3) is 5.69 Å². The second kappa shape index (κ2) is 3.42. The molecule has 0 unspecified atom stereocenters. The Kier molecular flexibility index (Phi) is 2.25. The molecule has 0 saturated heterocycles. The lowest BCUT2D eigenvalue weighted by Gasteiger charge is -2.06. The van der Waals surface area contributed by atoms with Crippen molar-refractivity contribution in [2.75, 3.05) is 0 Å². The largest absolute Gasteiger partial charge is 0.220 e. The molecule has 0 N–H and O–H groups in total. The van der Waals surface area contributed by atoms with Crippen molar-refractivity contribution in [3.05, 3.63) is 40.9 Å². The fourth-order valence-electron chi connectivity index (χ4n) is 1.37. The highest BCUT2D eigenvalue weighted by atomic mass is 35.5. The minimum atomic E-state index is 0.690. The molecule has 2 aromatic rings. The van der Waals surface area contributed by atoms with Gasteiger partial charge in [0.05, 0.1) is 10.7 Å². The van der Waals surface area contributed by atoms with Crippen molar-refractivity contribution in [1.29, 1.82) is 0 Å². The van der Waals surface area contributed by atoms with Crippen LogP contribution in [0.15, 0.2) is 24.5 Å². The number of aromatic nitrogens is 3. The van der Waals surface area contributed by atoms with Crippen LogP contribution in [0.2, 0.25) is 5.02 Å². The minimum absolute atomic E-state index is 0.690. The Morgan fingerprint density at radius 2 is 2.07 bits per heavy atom. The summed E-state index contributed by atoms with van der Waals surface area (Å²) in [7, 11) is 0. The van der Waals surface area contributed by atoms with Crippen LogP contribution in [0.3, 0.4) is 0 Å². The van der Waals surface area contributed by atoms with Gasteiger partial charge in [0, 0.05) is 0 Å². The number of hydrogen-bond donors (Lipinski definition) is 0. The molecule has 1 aromatic heterocycles. The zero-order valence-corrected chi connectivity index (χ0v) is 8.78. The molecule has 0 spiro atoms. The highest BCUT2D eigenvalue weighted by Gasteiger charge is 2.06. The lowest BCUT2D eigenvalue weighted by atomic mass is 10.2. The van der Waals surface area contributed by atoms with Crippen LogP contribution in [0, 0.1) is 13.8 Å². The molecule has 0 aliphatic heterocycles. The summed E-state index contributed by atoms with van der Waals surface area (Å²) in [6.07, 6.45) is 1.67. The van der Waals surface area contributed by atoms with Gasteiger partial charge in [0.25, 0.3) is 0 Å². The van der Waals surface area contributed by atoms with E-state index in [4.69, 9.17) is 11.6 Å². The molecule has 0 amide bonds. The number of hydrogen-bond acceptors (Lipinski definition) is 2. The summed E-state index contributed by atoms with van der Waals surface area (Å²) in [6.45, 7) is 3.85. The topological polar surface area (TPSA) is 30.7 Å². The van der Waals surface area contributed by atoms with Gasteiger partial charge in [0.15, 0.2) is 0 Å². The van der Waals surface area contributed by atoms with Crippen molar-refractivity contribution in [2.24, 2.45) is 0 Å². The first-order valence-corrected chi connectivity index (χ1v) is 4.70. The fourth-order valence-corrected chi connectivity index (χ4v) is 1.68. The number of para-hydroxylation sites is 1. The van der Waals surface area contributed by atoms with Gasteiger partial charge in [-0.15, -0.1) is 0 Å². The summed E-state index contributed by atoms with van der Waals surface area (Å²) in [6, 6.07) is 5.77. The van der Waals surface area contributed by atoms with E-state index < -0.39 is 0 Å². The maximum Gasteiger partial charge on any atom is 0.147 e. The van der Waals surface area contributed by atoms with Crippen LogP contribution in [0.4, 0.5) is 0 Å². The first kappa shape index (κ1) is 9.21. The molecule has 0 aliphatic carbocycles. The van der Waals surface area contributed by atoms with E-state index in [0.29, 0.717) is 5.02 Å². The molecule has 0 bridgehead atoms. The zero-order valence-electron chi connectivity index (χ0n) is 8.03. The Morgan fingerprint density at radius 3 is 2.64 bits per heavy atom. The third kappa shape index (κ3) is 1.51. The molecule has 0 fully saturated rings. The lowest BCUT2D eigenvalue weighted by Crippen LogP contribution is -1.98. The van der Waals surface area contributed by atoms with Crippen LogP contribution in [-0.4, -0.2) is 14.8 Å². The molecular formula is C10H10ClN3. The summed E-state index contributed by atoms with van der Waals surface area (Å²) in [5.41, 5.74) is 1.98. The van der Waals surface area contributed by atoms with E-state index in [1.807, 2.05) is 32.0 Å². The monoisotopic (exact) mass is 207 g/mol. The summed E-state index contributed by atoms with van der Waals surface area (Å²) in [4.78, 5) is 4.07. The summed E-state index contributed by atoms with van der Waals surface area (Å²) in [5.74, 6) is 0.740. The summed E-state index contributed by atoms with van der Waals surface area (Å²) >= 11 is 6.08. The fraction of sp³-hybridized carbons (Fsp3) is 0.200. The summed E-state index contributed by atoms with van der Waals surface area (Å²) < 4.78 is 1.70. The molecule has 4 heteroatoms. The van der Waals surface area contributed by atoms with Crippen LogP contribution in [0.1, 0.15) is 11.4 Å². The molecule has 72 valence electrons. The average Bonchev–Trinajstić information content (AvgIpc) is 2.51. The van der Waals surface area contributed by atoms with Gasteiger partial charge in [-0.1, -0.05) is 23.7 Å². The normalized spacial score (nSPS) is 10.5. The molecule has 1 heterocycles. The minimum Gasteiger partial charge on any atom is -0.220 e. The van der Waals surface area contributed by atoms with Crippen molar-refractivity contribution in [3.8, 4) is 5.69 Å². The third-order valence-electron chi connectivity index (χ3n) is 2.02. The first-order chi connectivity index (χ1) is 6.68. The van der Waals surface area contributed by atoms with Gasteiger partial charge in [-0.05, 0) is 25.5 Å². The smallest absolute Gasteiger partial charge is 0.147 e. The van der Waals surface area contributed by atoms with Crippen molar-refractivity contribution >= 4 is 11.6 Å². The number of rotatable bonds is 1. The maximum atomic E-state index is 6.08. The van der Waals surface area contributed by atoms with Crippen LogP contribution >= 0.6 is 11.6 Å². The van der Waals surface area contributed by atoms with E-state index in [-0.39, 0.29) is 0 Å².